The van der Waals surface area contributed by atoms with Gasteiger partial charge in [-0.3, -0.25) is 20.4 Å². The molecule has 2 aromatic rings. The lowest BCUT2D eigenvalue weighted by atomic mass is 10.1. The highest BCUT2D eigenvalue weighted by atomic mass is 32.2. The van der Waals surface area contributed by atoms with Crippen LogP contribution in [-0.2, 0) is 19.4 Å². The molecule has 0 heterocycles. The van der Waals surface area contributed by atoms with E-state index < -0.39 is 21.7 Å². The van der Waals surface area contributed by atoms with Crippen LogP contribution in [0.25, 0.3) is 0 Å². The largest absolute Gasteiger partial charge is 0.376 e. The normalized spacial score (nSPS) is 10.9. The third-order valence-corrected chi connectivity index (χ3v) is 5.59. The van der Waals surface area contributed by atoms with Gasteiger partial charge in [-0.05, 0) is 37.6 Å². The topological polar surface area (TPSA) is 104 Å². The van der Waals surface area contributed by atoms with Crippen molar-refractivity contribution in [3.63, 3.8) is 0 Å². The van der Waals surface area contributed by atoms with Crippen molar-refractivity contribution in [1.82, 2.24) is 10.9 Å². The number of nitrogens with one attached hydrogen (secondary N) is 3. The molecule has 0 saturated heterocycles. The maximum atomic E-state index is 12.1. The van der Waals surface area contributed by atoms with Gasteiger partial charge >= 0.3 is 0 Å². The molecule has 27 heavy (non-hydrogen) atoms. The molecule has 0 aliphatic rings. The van der Waals surface area contributed by atoms with Gasteiger partial charge in [0.15, 0.2) is 9.84 Å². The highest BCUT2D eigenvalue weighted by molar-refractivity contribution is 7.91. The molecule has 2 rings (SSSR count). The fraction of sp³-hybridized carbons (Fsp3) is 0.263. The first kappa shape index (κ1) is 20.4. The van der Waals surface area contributed by atoms with Crippen molar-refractivity contribution in [1.29, 1.82) is 0 Å². The van der Waals surface area contributed by atoms with Crippen LogP contribution >= 0.6 is 0 Å². The number of hydrogen-bond donors (Lipinski definition) is 3. The maximum Gasteiger partial charge on any atom is 0.257 e. The van der Waals surface area contributed by atoms with Crippen molar-refractivity contribution >= 4 is 27.3 Å². The second-order valence-corrected chi connectivity index (χ2v) is 8.26. The van der Waals surface area contributed by atoms with Gasteiger partial charge in [0.25, 0.3) is 5.91 Å². The van der Waals surface area contributed by atoms with Gasteiger partial charge in [0.1, 0.15) is 0 Å². The van der Waals surface area contributed by atoms with Crippen molar-refractivity contribution < 1.29 is 18.0 Å². The van der Waals surface area contributed by atoms with Gasteiger partial charge in [0, 0.05) is 12.1 Å². The number of sulfone groups is 1. The molecule has 2 amide bonds. The number of rotatable bonds is 7. The molecule has 0 bridgehead atoms. The van der Waals surface area contributed by atoms with E-state index >= 15 is 0 Å². The third kappa shape index (κ3) is 6.41. The van der Waals surface area contributed by atoms with E-state index in [0.29, 0.717) is 0 Å². The standard InChI is InChI=1S/C19H23N3O4S/c1-14-8-9-17(15(2)12-14)20-13-19(24)22-21-18(23)10-11-27(25,26)16-6-4-3-5-7-16/h3-9,12,20H,10-11,13H2,1-2H3,(H,21,23)(H,22,24). The minimum atomic E-state index is -3.53. The van der Waals surface area contributed by atoms with Crippen LogP contribution in [0.4, 0.5) is 5.69 Å². The molecule has 0 aliphatic heterocycles. The number of carbonyl (C=O) groups is 2. The molecule has 0 radical (unpaired) electrons. The Kier molecular flexibility index (Phi) is 6.95. The van der Waals surface area contributed by atoms with Gasteiger partial charge in [-0.15, -0.1) is 0 Å². The quantitative estimate of drug-likeness (QED) is 0.626. The van der Waals surface area contributed by atoms with Gasteiger partial charge in [-0.2, -0.15) is 0 Å². The number of hydrazine groups is 1. The number of amides is 2. The first-order chi connectivity index (χ1) is 12.8. The van der Waals surface area contributed by atoms with Crippen LogP contribution in [0.2, 0.25) is 0 Å². The first-order valence-corrected chi connectivity index (χ1v) is 10.1. The lowest BCUT2D eigenvalue weighted by molar-refractivity contribution is -0.127. The van der Waals surface area contributed by atoms with E-state index in [0.717, 1.165) is 16.8 Å². The fourth-order valence-electron chi connectivity index (χ4n) is 2.41. The zero-order chi connectivity index (χ0) is 19.9. The smallest absolute Gasteiger partial charge is 0.257 e. The van der Waals surface area contributed by atoms with Crippen LogP contribution < -0.4 is 16.2 Å². The zero-order valence-corrected chi connectivity index (χ0v) is 16.1. The van der Waals surface area contributed by atoms with Crippen LogP contribution in [0, 0.1) is 13.8 Å². The number of carbonyl (C=O) groups excluding carboxylic acids is 2. The molecular weight excluding hydrogens is 366 g/mol. The highest BCUT2D eigenvalue weighted by Gasteiger charge is 2.16. The van der Waals surface area contributed by atoms with Gasteiger partial charge in [-0.25, -0.2) is 8.42 Å². The maximum absolute atomic E-state index is 12.1. The summed E-state index contributed by atoms with van der Waals surface area (Å²) in [5.74, 6) is -1.34. The lowest BCUT2D eigenvalue weighted by Gasteiger charge is -2.11. The van der Waals surface area contributed by atoms with E-state index in [-0.39, 0.29) is 23.6 Å². The summed E-state index contributed by atoms with van der Waals surface area (Å²) in [4.78, 5) is 23.8. The van der Waals surface area contributed by atoms with Gasteiger partial charge in [0.05, 0.1) is 17.2 Å². The summed E-state index contributed by atoms with van der Waals surface area (Å²) in [5, 5.41) is 2.98. The molecular formula is C19H23N3O4S. The van der Waals surface area contributed by atoms with Crippen LogP contribution in [0.5, 0.6) is 0 Å². The molecule has 0 saturated carbocycles. The second kappa shape index (κ2) is 9.18. The van der Waals surface area contributed by atoms with Gasteiger partial charge in [-0.1, -0.05) is 35.9 Å². The predicted octanol–water partition coefficient (Wildman–Crippen LogP) is 1.73. The van der Waals surface area contributed by atoms with E-state index in [4.69, 9.17) is 0 Å². The van der Waals surface area contributed by atoms with Crippen molar-refractivity contribution in [3.05, 3.63) is 59.7 Å². The number of aryl methyl sites for hydroxylation is 2. The Morgan fingerprint density at radius 2 is 1.59 bits per heavy atom. The van der Waals surface area contributed by atoms with E-state index in [1.54, 1.807) is 18.2 Å². The molecule has 0 unspecified atom stereocenters. The molecule has 144 valence electrons. The van der Waals surface area contributed by atoms with E-state index in [1.165, 1.54) is 12.1 Å². The summed E-state index contributed by atoms with van der Waals surface area (Å²) in [6.07, 6.45) is -0.248. The Hall–Kier alpha value is -2.87. The van der Waals surface area contributed by atoms with Crippen LogP contribution in [0.15, 0.2) is 53.4 Å². The number of anilines is 1. The molecule has 0 aliphatic carbocycles. The summed E-state index contributed by atoms with van der Waals surface area (Å²) < 4.78 is 24.2. The second-order valence-electron chi connectivity index (χ2n) is 6.15. The van der Waals surface area contributed by atoms with Crippen LogP contribution in [-0.4, -0.2) is 32.5 Å². The summed E-state index contributed by atoms with van der Waals surface area (Å²) in [6, 6.07) is 13.7. The van der Waals surface area contributed by atoms with E-state index in [2.05, 4.69) is 16.2 Å². The fourth-order valence-corrected chi connectivity index (χ4v) is 3.67. The molecule has 0 atom stereocenters. The van der Waals surface area contributed by atoms with Gasteiger partial charge < -0.3 is 5.32 Å². The van der Waals surface area contributed by atoms with E-state index in [1.807, 2.05) is 32.0 Å². The SMILES string of the molecule is Cc1ccc(NCC(=O)NNC(=O)CCS(=O)(=O)c2ccccc2)c(C)c1. The van der Waals surface area contributed by atoms with Crippen molar-refractivity contribution in [3.8, 4) is 0 Å². The monoisotopic (exact) mass is 389 g/mol. The van der Waals surface area contributed by atoms with Crippen LogP contribution in [0.1, 0.15) is 17.5 Å². The van der Waals surface area contributed by atoms with Crippen LogP contribution in [0.3, 0.4) is 0 Å². The van der Waals surface area contributed by atoms with Crippen molar-refractivity contribution in [2.24, 2.45) is 0 Å². The highest BCUT2D eigenvalue weighted by Crippen LogP contribution is 2.15. The van der Waals surface area contributed by atoms with Crippen molar-refractivity contribution in [2.45, 2.75) is 25.2 Å². The molecule has 0 spiro atoms. The molecule has 0 aromatic heterocycles. The lowest BCUT2D eigenvalue weighted by Crippen LogP contribution is -2.44. The Morgan fingerprint density at radius 1 is 0.926 bits per heavy atom. The minimum Gasteiger partial charge on any atom is -0.376 e. The summed E-state index contributed by atoms with van der Waals surface area (Å²) in [6.45, 7) is 3.89. The summed E-state index contributed by atoms with van der Waals surface area (Å²) in [7, 11) is -3.53. The summed E-state index contributed by atoms with van der Waals surface area (Å²) in [5.41, 5.74) is 7.45. The predicted molar refractivity (Wildman–Crippen MR) is 104 cm³/mol. The molecule has 8 heteroatoms. The third-order valence-electron chi connectivity index (χ3n) is 3.86. The Bertz CT molecular complexity index is 912. The number of hydrogen-bond acceptors (Lipinski definition) is 5. The van der Waals surface area contributed by atoms with Crippen molar-refractivity contribution in [2.75, 3.05) is 17.6 Å². The Labute approximate surface area is 159 Å². The first-order valence-electron chi connectivity index (χ1n) is 8.44. The Balaban J connectivity index is 1.74. The molecule has 0 fully saturated rings. The molecule has 2 aromatic carbocycles. The average molecular weight is 389 g/mol. The van der Waals surface area contributed by atoms with E-state index in [9.17, 15) is 18.0 Å². The minimum absolute atomic E-state index is 0.0213. The number of benzene rings is 2. The zero-order valence-electron chi connectivity index (χ0n) is 15.3. The Morgan fingerprint density at radius 3 is 2.26 bits per heavy atom. The summed E-state index contributed by atoms with van der Waals surface area (Å²) >= 11 is 0. The van der Waals surface area contributed by atoms with Gasteiger partial charge in [0.2, 0.25) is 5.91 Å². The molecule has 3 N–H and O–H groups in total. The average Bonchev–Trinajstić information content (AvgIpc) is 2.65. The molecule has 7 nitrogen and oxygen atoms in total.